The van der Waals surface area contributed by atoms with Gasteiger partial charge in [0.05, 0.1) is 5.70 Å². The van der Waals surface area contributed by atoms with Crippen LogP contribution in [0.2, 0.25) is 0 Å². The van der Waals surface area contributed by atoms with Crippen molar-refractivity contribution in [2.75, 3.05) is 13.1 Å². The smallest absolute Gasteiger partial charge is 0.102 e. The van der Waals surface area contributed by atoms with E-state index in [1.807, 2.05) is 6.07 Å². The quantitative estimate of drug-likeness (QED) is 0.564. The zero-order valence-corrected chi connectivity index (χ0v) is 17.2. The van der Waals surface area contributed by atoms with E-state index < -0.39 is 0 Å². The average Bonchev–Trinajstić information content (AvgIpc) is 2.70. The predicted molar refractivity (Wildman–Crippen MR) is 120 cm³/mol. The first kappa shape index (κ1) is 20.1. The number of rotatable bonds is 6. The molecule has 1 atom stereocenters. The highest BCUT2D eigenvalue weighted by Crippen LogP contribution is 2.33. The SMILES string of the molecule is C=C(C1=C(N=C(N)C(C)C)C(C)CN(Cc2ccccc2)C1)c1ccccc1. The van der Waals surface area contributed by atoms with Crippen LogP contribution in [0, 0.1) is 11.8 Å². The number of hydrogen-bond donors (Lipinski definition) is 1. The van der Waals surface area contributed by atoms with Gasteiger partial charge >= 0.3 is 0 Å². The minimum absolute atomic E-state index is 0.230. The third kappa shape index (κ3) is 4.79. The van der Waals surface area contributed by atoms with Crippen LogP contribution in [0.5, 0.6) is 0 Å². The standard InChI is InChI=1S/C25H31N3/c1-18(2)25(26)27-24-19(3)15-28(16-21-11-7-5-8-12-21)17-23(24)20(4)22-13-9-6-10-14-22/h5-14,18-19H,4,15-17H2,1-3H3,(H2,26,27). The van der Waals surface area contributed by atoms with E-state index in [9.17, 15) is 0 Å². The fraction of sp³-hybridized carbons (Fsp3) is 0.320. The van der Waals surface area contributed by atoms with Crippen LogP contribution in [0.3, 0.4) is 0 Å². The van der Waals surface area contributed by atoms with Gasteiger partial charge in [-0.3, -0.25) is 4.90 Å². The van der Waals surface area contributed by atoms with Crippen molar-refractivity contribution in [3.05, 3.63) is 89.6 Å². The maximum Gasteiger partial charge on any atom is 0.102 e. The van der Waals surface area contributed by atoms with Crippen LogP contribution in [0.4, 0.5) is 0 Å². The molecule has 0 saturated heterocycles. The molecule has 3 rings (SSSR count). The van der Waals surface area contributed by atoms with Crippen molar-refractivity contribution >= 4 is 11.4 Å². The van der Waals surface area contributed by atoms with Crippen molar-refractivity contribution in [2.24, 2.45) is 22.6 Å². The van der Waals surface area contributed by atoms with E-state index in [0.717, 1.165) is 36.5 Å². The largest absolute Gasteiger partial charge is 0.387 e. The third-order valence-electron chi connectivity index (χ3n) is 5.27. The summed E-state index contributed by atoms with van der Waals surface area (Å²) >= 11 is 0. The van der Waals surface area contributed by atoms with E-state index >= 15 is 0 Å². The van der Waals surface area contributed by atoms with E-state index in [1.165, 1.54) is 11.1 Å². The molecule has 0 aliphatic carbocycles. The second-order valence-electron chi connectivity index (χ2n) is 7.96. The molecule has 0 radical (unpaired) electrons. The molecule has 146 valence electrons. The number of amidine groups is 1. The molecule has 2 aromatic rings. The lowest BCUT2D eigenvalue weighted by atomic mass is 9.89. The number of hydrogen-bond acceptors (Lipinski definition) is 2. The van der Waals surface area contributed by atoms with Crippen molar-refractivity contribution in [3.63, 3.8) is 0 Å². The molecular formula is C25H31N3. The van der Waals surface area contributed by atoms with Crippen molar-refractivity contribution < 1.29 is 0 Å². The summed E-state index contributed by atoms with van der Waals surface area (Å²) in [6.07, 6.45) is 0. The maximum absolute atomic E-state index is 6.24. The molecule has 28 heavy (non-hydrogen) atoms. The van der Waals surface area contributed by atoms with Crippen LogP contribution >= 0.6 is 0 Å². The van der Waals surface area contributed by atoms with Crippen LogP contribution in [-0.4, -0.2) is 23.8 Å². The van der Waals surface area contributed by atoms with Gasteiger partial charge in [-0.05, 0) is 22.3 Å². The summed E-state index contributed by atoms with van der Waals surface area (Å²) in [5.41, 5.74) is 12.0. The predicted octanol–water partition coefficient (Wildman–Crippen LogP) is 5.12. The van der Waals surface area contributed by atoms with Gasteiger partial charge < -0.3 is 5.73 Å². The van der Waals surface area contributed by atoms with Gasteiger partial charge in [0, 0.05) is 31.5 Å². The van der Waals surface area contributed by atoms with E-state index in [1.54, 1.807) is 0 Å². The summed E-state index contributed by atoms with van der Waals surface area (Å²) in [6, 6.07) is 21.0. The highest BCUT2D eigenvalue weighted by atomic mass is 15.1. The van der Waals surface area contributed by atoms with E-state index in [4.69, 9.17) is 10.7 Å². The number of aliphatic imine (C=N–C) groups is 1. The molecule has 3 nitrogen and oxygen atoms in total. The Morgan fingerprint density at radius 3 is 2.32 bits per heavy atom. The zero-order chi connectivity index (χ0) is 20.1. The second kappa shape index (κ2) is 9.03. The normalized spacial score (nSPS) is 18.6. The van der Waals surface area contributed by atoms with Gasteiger partial charge in [-0.15, -0.1) is 0 Å². The Morgan fingerprint density at radius 2 is 1.71 bits per heavy atom. The minimum Gasteiger partial charge on any atom is -0.387 e. The molecule has 1 unspecified atom stereocenters. The molecule has 0 aromatic heterocycles. The highest BCUT2D eigenvalue weighted by molar-refractivity contribution is 5.85. The summed E-state index contributed by atoms with van der Waals surface area (Å²) in [6.45, 7) is 13.6. The molecule has 0 amide bonds. The van der Waals surface area contributed by atoms with Gasteiger partial charge in [0.15, 0.2) is 0 Å². The van der Waals surface area contributed by atoms with Gasteiger partial charge in [-0.1, -0.05) is 88.0 Å². The summed E-state index contributed by atoms with van der Waals surface area (Å²) in [5, 5.41) is 0. The first-order valence-electron chi connectivity index (χ1n) is 10.0. The Morgan fingerprint density at radius 1 is 1.11 bits per heavy atom. The second-order valence-corrected chi connectivity index (χ2v) is 7.96. The third-order valence-corrected chi connectivity index (χ3v) is 5.27. The van der Waals surface area contributed by atoms with Crippen LogP contribution in [0.1, 0.15) is 31.9 Å². The number of nitrogens with two attached hydrogens (primary N) is 1. The van der Waals surface area contributed by atoms with Gasteiger partial charge in [0.25, 0.3) is 0 Å². The van der Waals surface area contributed by atoms with Crippen molar-refractivity contribution in [1.82, 2.24) is 4.90 Å². The topological polar surface area (TPSA) is 41.6 Å². The lowest BCUT2D eigenvalue weighted by molar-refractivity contribution is 0.245. The zero-order valence-electron chi connectivity index (χ0n) is 17.2. The monoisotopic (exact) mass is 373 g/mol. The van der Waals surface area contributed by atoms with Gasteiger partial charge in [0.1, 0.15) is 5.84 Å². The van der Waals surface area contributed by atoms with Crippen molar-refractivity contribution in [3.8, 4) is 0 Å². The molecular weight excluding hydrogens is 342 g/mol. The minimum atomic E-state index is 0.230. The molecule has 2 N–H and O–H groups in total. The van der Waals surface area contributed by atoms with E-state index in [-0.39, 0.29) is 5.92 Å². The maximum atomic E-state index is 6.24. The Balaban J connectivity index is 1.97. The van der Waals surface area contributed by atoms with Crippen LogP contribution in [0.25, 0.3) is 5.57 Å². The van der Waals surface area contributed by atoms with Gasteiger partial charge in [0.2, 0.25) is 0 Å². The van der Waals surface area contributed by atoms with Crippen LogP contribution < -0.4 is 5.73 Å². The molecule has 3 heteroatoms. The average molecular weight is 374 g/mol. The first-order chi connectivity index (χ1) is 13.5. The van der Waals surface area contributed by atoms with Crippen molar-refractivity contribution in [2.45, 2.75) is 27.3 Å². The van der Waals surface area contributed by atoms with Crippen molar-refractivity contribution in [1.29, 1.82) is 0 Å². The summed E-state index contributed by atoms with van der Waals surface area (Å²) in [7, 11) is 0. The number of benzene rings is 2. The van der Waals surface area contributed by atoms with Crippen LogP contribution in [-0.2, 0) is 6.54 Å². The number of nitrogens with zero attached hydrogens (tertiary/aromatic N) is 2. The van der Waals surface area contributed by atoms with Gasteiger partial charge in [-0.25, -0.2) is 4.99 Å². The lowest BCUT2D eigenvalue weighted by Crippen LogP contribution is -2.36. The summed E-state index contributed by atoms with van der Waals surface area (Å²) in [5.74, 6) is 1.22. The fourth-order valence-corrected chi connectivity index (χ4v) is 3.61. The summed E-state index contributed by atoms with van der Waals surface area (Å²) in [4.78, 5) is 7.35. The van der Waals surface area contributed by atoms with Gasteiger partial charge in [-0.2, -0.15) is 0 Å². The lowest BCUT2D eigenvalue weighted by Gasteiger charge is -2.34. The molecule has 0 fully saturated rings. The van der Waals surface area contributed by atoms with Crippen LogP contribution in [0.15, 0.2) is 83.5 Å². The fourth-order valence-electron chi connectivity index (χ4n) is 3.61. The summed E-state index contributed by atoms with van der Waals surface area (Å²) < 4.78 is 0. The van der Waals surface area contributed by atoms with E-state index in [0.29, 0.717) is 11.8 Å². The van der Waals surface area contributed by atoms with E-state index in [2.05, 4.69) is 86.8 Å². The Bertz CT molecular complexity index is 863. The molecule has 2 aromatic carbocycles. The molecule has 0 saturated carbocycles. The molecule has 1 heterocycles. The Labute approximate surface area is 169 Å². The Hall–Kier alpha value is -2.65. The highest BCUT2D eigenvalue weighted by Gasteiger charge is 2.27. The first-order valence-corrected chi connectivity index (χ1v) is 10.0. The Kier molecular flexibility index (Phi) is 6.48. The molecule has 0 spiro atoms. The molecule has 1 aliphatic heterocycles. The molecule has 1 aliphatic rings. The molecule has 0 bridgehead atoms.